The van der Waals surface area contributed by atoms with Crippen LogP contribution in [0.1, 0.15) is 64.2 Å². The first kappa shape index (κ1) is 30.6. The first-order valence-corrected chi connectivity index (χ1v) is 14.9. The standard InChI is InChI=1S/C32H32N2O9S/c1-6-8-14-42-20-13-12-18(15-22(20)40-5)25-24(26(35)23-16-19-10-9-11-21(39-4)28(19)43-23)27(36)30(37)34(25)32-33-17(3)29(44-32)31(38)41-7-2/h9-13,15-16,25,36H,6-8,14H2,1-5H3. The number of carbonyl (C=O) groups excluding carboxylic acids is 3. The zero-order chi connectivity index (χ0) is 31.5. The largest absolute Gasteiger partial charge is 0.503 e. The van der Waals surface area contributed by atoms with Crippen molar-refractivity contribution in [1.29, 1.82) is 0 Å². The van der Waals surface area contributed by atoms with Crippen molar-refractivity contribution in [3.8, 4) is 17.2 Å². The summed E-state index contributed by atoms with van der Waals surface area (Å²) in [7, 11) is 2.97. The monoisotopic (exact) mass is 620 g/mol. The van der Waals surface area contributed by atoms with Crippen molar-refractivity contribution >= 4 is 45.1 Å². The van der Waals surface area contributed by atoms with Crippen molar-refractivity contribution in [2.75, 3.05) is 32.3 Å². The van der Waals surface area contributed by atoms with Crippen LogP contribution in [0.2, 0.25) is 0 Å². The smallest absolute Gasteiger partial charge is 0.350 e. The van der Waals surface area contributed by atoms with Gasteiger partial charge in [0.2, 0.25) is 5.78 Å². The van der Waals surface area contributed by atoms with Gasteiger partial charge in [-0.05, 0) is 50.1 Å². The lowest BCUT2D eigenvalue weighted by molar-refractivity contribution is -0.117. The van der Waals surface area contributed by atoms with Gasteiger partial charge in [0, 0.05) is 5.39 Å². The summed E-state index contributed by atoms with van der Waals surface area (Å²) in [6.07, 6.45) is 1.79. The molecule has 3 heterocycles. The maximum absolute atomic E-state index is 14.1. The van der Waals surface area contributed by atoms with Gasteiger partial charge in [-0.15, -0.1) is 0 Å². The van der Waals surface area contributed by atoms with Gasteiger partial charge >= 0.3 is 5.97 Å². The van der Waals surface area contributed by atoms with E-state index in [1.807, 2.05) is 0 Å². The highest BCUT2D eigenvalue weighted by atomic mass is 32.1. The third-order valence-electron chi connectivity index (χ3n) is 7.12. The SMILES string of the molecule is CCCCOc1ccc(C2C(C(=O)c3cc4cccc(OC)c4o3)=C(O)C(=O)N2c2nc(C)c(C(=O)OCC)s2)cc1OC. The number of amides is 1. The Kier molecular flexibility index (Phi) is 8.91. The van der Waals surface area contributed by atoms with Crippen molar-refractivity contribution in [2.24, 2.45) is 0 Å². The van der Waals surface area contributed by atoms with E-state index in [0.29, 0.717) is 46.1 Å². The molecule has 11 nitrogen and oxygen atoms in total. The minimum absolute atomic E-state index is 0.0975. The molecule has 0 radical (unpaired) electrons. The number of anilines is 1. The number of aliphatic hydroxyl groups is 1. The molecule has 0 saturated heterocycles. The van der Waals surface area contributed by atoms with Gasteiger partial charge in [-0.25, -0.2) is 9.78 Å². The number of rotatable bonds is 12. The van der Waals surface area contributed by atoms with Crippen LogP contribution in [0.5, 0.6) is 17.2 Å². The van der Waals surface area contributed by atoms with Crippen LogP contribution in [0.3, 0.4) is 0 Å². The Balaban J connectivity index is 1.64. The van der Waals surface area contributed by atoms with Crippen LogP contribution in [-0.2, 0) is 9.53 Å². The summed E-state index contributed by atoms with van der Waals surface area (Å²) >= 11 is 0.928. The quantitative estimate of drug-likeness (QED) is 0.108. The molecule has 12 heteroatoms. The van der Waals surface area contributed by atoms with Crippen molar-refractivity contribution in [2.45, 2.75) is 39.7 Å². The molecule has 1 aliphatic rings. The molecule has 44 heavy (non-hydrogen) atoms. The predicted molar refractivity (Wildman–Crippen MR) is 163 cm³/mol. The Hall–Kier alpha value is -4.84. The highest BCUT2D eigenvalue weighted by molar-refractivity contribution is 7.17. The third kappa shape index (κ3) is 5.48. The van der Waals surface area contributed by atoms with Crippen LogP contribution in [-0.4, -0.2) is 55.2 Å². The summed E-state index contributed by atoms with van der Waals surface area (Å²) in [4.78, 5) is 46.3. The van der Waals surface area contributed by atoms with E-state index in [1.54, 1.807) is 50.2 Å². The third-order valence-corrected chi connectivity index (χ3v) is 8.25. The van der Waals surface area contributed by atoms with E-state index in [0.717, 1.165) is 24.2 Å². The number of hydrogen-bond donors (Lipinski definition) is 1. The van der Waals surface area contributed by atoms with E-state index in [-0.39, 0.29) is 27.9 Å². The zero-order valence-electron chi connectivity index (χ0n) is 25.0. The fourth-order valence-corrected chi connectivity index (χ4v) is 5.95. The molecule has 5 rings (SSSR count). The molecule has 230 valence electrons. The second kappa shape index (κ2) is 12.8. The van der Waals surface area contributed by atoms with Crippen LogP contribution in [0, 0.1) is 6.92 Å². The Labute approximate surface area is 257 Å². The van der Waals surface area contributed by atoms with Crippen LogP contribution in [0.25, 0.3) is 11.0 Å². The number of furan rings is 1. The van der Waals surface area contributed by atoms with Crippen LogP contribution in [0.15, 0.2) is 58.2 Å². The van der Waals surface area contributed by atoms with E-state index < -0.39 is 29.5 Å². The Morgan fingerprint density at radius 2 is 1.84 bits per heavy atom. The van der Waals surface area contributed by atoms with Gasteiger partial charge in [-0.2, -0.15) is 0 Å². The summed E-state index contributed by atoms with van der Waals surface area (Å²) in [6.45, 7) is 6.00. The lowest BCUT2D eigenvalue weighted by Crippen LogP contribution is -2.31. The van der Waals surface area contributed by atoms with Crippen LogP contribution >= 0.6 is 11.3 Å². The van der Waals surface area contributed by atoms with E-state index in [2.05, 4.69) is 11.9 Å². The van der Waals surface area contributed by atoms with Crippen molar-refractivity contribution in [3.63, 3.8) is 0 Å². The topological polar surface area (TPSA) is 138 Å². The summed E-state index contributed by atoms with van der Waals surface area (Å²) in [5.41, 5.74) is 0.905. The number of carbonyl (C=O) groups is 3. The summed E-state index contributed by atoms with van der Waals surface area (Å²) in [5.74, 6) is -1.73. The number of esters is 1. The molecule has 1 atom stereocenters. The fraction of sp³-hybridized carbons (Fsp3) is 0.312. The maximum atomic E-state index is 14.1. The van der Waals surface area contributed by atoms with Gasteiger partial charge in [0.1, 0.15) is 4.88 Å². The zero-order valence-corrected chi connectivity index (χ0v) is 25.8. The predicted octanol–water partition coefficient (Wildman–Crippen LogP) is 6.35. The van der Waals surface area contributed by atoms with Gasteiger partial charge in [-0.1, -0.05) is 42.9 Å². The number of benzene rings is 2. The molecular weight excluding hydrogens is 588 g/mol. The lowest BCUT2D eigenvalue weighted by Gasteiger charge is -2.25. The minimum atomic E-state index is -1.15. The number of ketones is 1. The van der Waals surface area contributed by atoms with Gasteiger partial charge in [0.15, 0.2) is 39.5 Å². The molecule has 0 aliphatic carbocycles. The molecule has 0 fully saturated rings. The van der Waals surface area contributed by atoms with Crippen LogP contribution < -0.4 is 19.1 Å². The number of fused-ring (bicyclic) bond motifs is 1. The number of aliphatic hydroxyl groups excluding tert-OH is 1. The number of ether oxygens (including phenoxy) is 4. The van der Waals surface area contributed by atoms with E-state index in [4.69, 9.17) is 23.4 Å². The van der Waals surface area contributed by atoms with Crippen molar-refractivity contribution in [3.05, 3.63) is 75.7 Å². The molecule has 1 amide bonds. The summed E-state index contributed by atoms with van der Waals surface area (Å²) < 4.78 is 27.9. The number of thiazole rings is 1. The molecule has 0 bridgehead atoms. The molecule has 0 spiro atoms. The Bertz CT molecular complexity index is 1770. The minimum Gasteiger partial charge on any atom is -0.503 e. The molecule has 1 N–H and O–H groups in total. The molecule has 1 aliphatic heterocycles. The normalized spacial score (nSPS) is 14.8. The molecule has 1 unspecified atom stereocenters. The highest BCUT2D eigenvalue weighted by Gasteiger charge is 2.47. The summed E-state index contributed by atoms with van der Waals surface area (Å²) in [6, 6.07) is 10.6. The maximum Gasteiger partial charge on any atom is 0.350 e. The Morgan fingerprint density at radius 3 is 2.55 bits per heavy atom. The number of nitrogens with zero attached hydrogens (tertiary/aromatic N) is 2. The Morgan fingerprint density at radius 1 is 1.07 bits per heavy atom. The number of unbranched alkanes of at least 4 members (excludes halogenated alkanes) is 1. The molecule has 4 aromatic rings. The van der Waals surface area contributed by atoms with Crippen molar-refractivity contribution in [1.82, 2.24) is 4.98 Å². The van der Waals surface area contributed by atoms with Crippen molar-refractivity contribution < 1.29 is 42.9 Å². The molecular formula is C32H32N2O9S. The molecule has 2 aromatic heterocycles. The number of methoxy groups -OCH3 is 2. The van der Waals surface area contributed by atoms with E-state index >= 15 is 0 Å². The van der Waals surface area contributed by atoms with E-state index in [9.17, 15) is 19.5 Å². The number of aromatic nitrogens is 1. The van der Waals surface area contributed by atoms with Gasteiger partial charge in [-0.3, -0.25) is 14.5 Å². The fourth-order valence-electron chi connectivity index (χ4n) is 4.96. The number of Topliss-reactive ketones (excluding diaryl/α,β-unsaturated/α-hetero) is 1. The second-order valence-corrected chi connectivity index (χ2v) is 10.9. The number of aryl methyl sites for hydroxylation is 1. The first-order valence-electron chi connectivity index (χ1n) is 14.1. The first-order chi connectivity index (χ1) is 21.2. The number of para-hydroxylation sites is 1. The molecule has 0 saturated carbocycles. The lowest BCUT2D eigenvalue weighted by atomic mass is 9.95. The van der Waals surface area contributed by atoms with Gasteiger partial charge in [0.25, 0.3) is 5.91 Å². The second-order valence-electron chi connectivity index (χ2n) is 9.90. The number of hydrogen-bond acceptors (Lipinski definition) is 11. The average Bonchev–Trinajstić information content (AvgIpc) is 3.70. The average molecular weight is 621 g/mol. The summed E-state index contributed by atoms with van der Waals surface area (Å²) in [5, 5.41) is 12.0. The highest BCUT2D eigenvalue weighted by Crippen LogP contribution is 2.46. The van der Waals surface area contributed by atoms with E-state index in [1.165, 1.54) is 25.2 Å². The van der Waals surface area contributed by atoms with Gasteiger partial charge < -0.3 is 28.5 Å². The van der Waals surface area contributed by atoms with Crippen LogP contribution in [0.4, 0.5) is 5.13 Å². The van der Waals surface area contributed by atoms with Gasteiger partial charge in [0.05, 0.1) is 44.7 Å². The molecule has 2 aromatic carbocycles.